The summed E-state index contributed by atoms with van der Waals surface area (Å²) in [5, 5.41) is 19.1. The van der Waals surface area contributed by atoms with Crippen molar-refractivity contribution in [1.82, 2.24) is 4.90 Å². The van der Waals surface area contributed by atoms with E-state index in [0.29, 0.717) is 30.4 Å². The van der Waals surface area contributed by atoms with E-state index in [0.717, 1.165) is 0 Å². The molecule has 0 aliphatic carbocycles. The van der Waals surface area contributed by atoms with Crippen molar-refractivity contribution < 1.29 is 34.1 Å². The Morgan fingerprint density at radius 3 is 2.46 bits per heavy atom. The minimum Gasteiger partial charge on any atom is -0.486 e. The lowest BCUT2D eigenvalue weighted by Crippen LogP contribution is -2.52. The van der Waals surface area contributed by atoms with Gasteiger partial charge in [-0.3, -0.25) is 9.59 Å². The number of carbonyl (C=O) groups excluding carboxylic acids is 2. The third-order valence-corrected chi connectivity index (χ3v) is 5.61. The fourth-order valence-corrected chi connectivity index (χ4v) is 3.89. The summed E-state index contributed by atoms with van der Waals surface area (Å²) in [6.07, 6.45) is 0.0776. The number of carbonyl (C=O) groups is 3. The highest BCUT2D eigenvalue weighted by atomic mass is 16.6. The minimum absolute atomic E-state index is 0.0133. The molecule has 9 nitrogen and oxygen atoms in total. The molecule has 1 unspecified atom stereocenters. The Bertz CT molecular complexity index is 817. The molecule has 2 amide bonds. The quantitative estimate of drug-likeness (QED) is 0.760. The lowest BCUT2D eigenvalue weighted by atomic mass is 9.91. The second kappa shape index (κ2) is 6.97. The van der Waals surface area contributed by atoms with E-state index in [1.54, 1.807) is 28.0 Å². The van der Waals surface area contributed by atoms with Crippen molar-refractivity contribution in [2.45, 2.75) is 24.9 Å². The third kappa shape index (κ3) is 3.26. The van der Waals surface area contributed by atoms with E-state index in [2.05, 4.69) is 0 Å². The molecule has 3 heterocycles. The summed E-state index contributed by atoms with van der Waals surface area (Å²) < 4.78 is 11.0. The van der Waals surface area contributed by atoms with Gasteiger partial charge in [0.25, 0.3) is 0 Å². The van der Waals surface area contributed by atoms with Crippen LogP contribution in [-0.4, -0.2) is 71.3 Å². The fourth-order valence-electron chi connectivity index (χ4n) is 3.89. The number of likely N-dealkylation sites (tertiary alicyclic amines) is 1. The fraction of sp³-hybridized carbons (Fsp3) is 0.526. The first-order valence-electron chi connectivity index (χ1n) is 9.32. The second-order valence-electron chi connectivity index (χ2n) is 7.40. The average Bonchev–Trinajstić information content (AvgIpc) is 3.09. The molecule has 3 aliphatic rings. The lowest BCUT2D eigenvalue weighted by Gasteiger charge is -2.36. The van der Waals surface area contributed by atoms with Gasteiger partial charge in [0.15, 0.2) is 17.1 Å². The van der Waals surface area contributed by atoms with Crippen LogP contribution >= 0.6 is 0 Å². The molecule has 3 aliphatic heterocycles. The van der Waals surface area contributed by atoms with Gasteiger partial charge < -0.3 is 29.5 Å². The summed E-state index contributed by atoms with van der Waals surface area (Å²) in [5.41, 5.74) is -1.12. The van der Waals surface area contributed by atoms with Crippen molar-refractivity contribution in [3.63, 3.8) is 0 Å². The average molecular weight is 390 g/mol. The molecule has 0 saturated carbocycles. The Kier molecular flexibility index (Phi) is 4.62. The highest BCUT2D eigenvalue weighted by Gasteiger charge is 2.43. The summed E-state index contributed by atoms with van der Waals surface area (Å²) in [6, 6.07) is 5.27. The highest BCUT2D eigenvalue weighted by molar-refractivity contribution is 6.00. The molecular weight excluding hydrogens is 368 g/mol. The van der Waals surface area contributed by atoms with Gasteiger partial charge in [0.05, 0.1) is 5.92 Å². The van der Waals surface area contributed by atoms with E-state index in [1.165, 1.54) is 0 Å². The number of rotatable bonds is 3. The molecule has 0 bridgehead atoms. The van der Waals surface area contributed by atoms with Crippen LogP contribution in [0.3, 0.4) is 0 Å². The number of nitrogens with zero attached hydrogens (tertiary/aromatic N) is 2. The molecule has 1 atom stereocenters. The number of hydrogen-bond donors (Lipinski definition) is 2. The Hall–Kier alpha value is -2.81. The molecular formula is C19H22N2O7. The second-order valence-corrected chi connectivity index (χ2v) is 7.40. The van der Waals surface area contributed by atoms with Crippen LogP contribution in [0, 0.1) is 5.92 Å². The molecule has 0 aromatic heterocycles. The van der Waals surface area contributed by atoms with Gasteiger partial charge in [-0.15, -0.1) is 0 Å². The minimum atomic E-state index is -1.78. The number of carboxylic acids is 1. The van der Waals surface area contributed by atoms with E-state index in [4.69, 9.17) is 14.6 Å². The van der Waals surface area contributed by atoms with Crippen LogP contribution in [0.4, 0.5) is 5.69 Å². The van der Waals surface area contributed by atoms with Gasteiger partial charge in [0.1, 0.15) is 13.2 Å². The zero-order chi connectivity index (χ0) is 19.9. The molecule has 150 valence electrons. The Morgan fingerprint density at radius 1 is 1.11 bits per heavy atom. The number of benzene rings is 1. The van der Waals surface area contributed by atoms with Crippen molar-refractivity contribution in [3.05, 3.63) is 18.2 Å². The van der Waals surface area contributed by atoms with Crippen molar-refractivity contribution in [2.75, 3.05) is 37.7 Å². The molecule has 2 fully saturated rings. The summed E-state index contributed by atoms with van der Waals surface area (Å²) in [5.74, 6) is -0.865. The summed E-state index contributed by atoms with van der Waals surface area (Å²) in [7, 11) is 0. The number of anilines is 1. The first-order valence-corrected chi connectivity index (χ1v) is 9.32. The van der Waals surface area contributed by atoms with E-state index in [1.807, 2.05) is 0 Å². The van der Waals surface area contributed by atoms with Crippen LogP contribution in [0.2, 0.25) is 0 Å². The number of amides is 2. The normalized spacial score (nSPS) is 23.6. The summed E-state index contributed by atoms with van der Waals surface area (Å²) in [4.78, 5) is 39.5. The zero-order valence-corrected chi connectivity index (χ0v) is 15.3. The molecule has 4 rings (SSSR count). The number of carboxylic acid groups (broad SMARTS) is 1. The molecule has 2 saturated heterocycles. The SMILES string of the molecule is O=C(C1CC(=O)N(c2ccc3c(c2)OCCO3)C1)N1CCC(O)(C(=O)O)CC1. The molecule has 1 aromatic carbocycles. The first kappa shape index (κ1) is 18.5. The van der Waals surface area contributed by atoms with Crippen molar-refractivity contribution in [1.29, 1.82) is 0 Å². The Balaban J connectivity index is 1.42. The van der Waals surface area contributed by atoms with Gasteiger partial charge in [-0.05, 0) is 12.1 Å². The van der Waals surface area contributed by atoms with Gasteiger partial charge in [-0.25, -0.2) is 4.79 Å². The van der Waals surface area contributed by atoms with Crippen LogP contribution in [0.5, 0.6) is 11.5 Å². The van der Waals surface area contributed by atoms with Crippen LogP contribution in [0.1, 0.15) is 19.3 Å². The van der Waals surface area contributed by atoms with E-state index < -0.39 is 17.5 Å². The highest BCUT2D eigenvalue weighted by Crippen LogP contribution is 2.36. The van der Waals surface area contributed by atoms with Crippen LogP contribution in [-0.2, 0) is 14.4 Å². The van der Waals surface area contributed by atoms with Crippen LogP contribution in [0.15, 0.2) is 18.2 Å². The zero-order valence-electron chi connectivity index (χ0n) is 15.3. The molecule has 28 heavy (non-hydrogen) atoms. The Morgan fingerprint density at radius 2 is 1.79 bits per heavy atom. The smallest absolute Gasteiger partial charge is 0.335 e. The number of aliphatic hydroxyl groups is 1. The van der Waals surface area contributed by atoms with Crippen molar-refractivity contribution in [3.8, 4) is 11.5 Å². The molecule has 2 N–H and O–H groups in total. The molecule has 9 heteroatoms. The summed E-state index contributed by atoms with van der Waals surface area (Å²) in [6.45, 7) is 1.52. The van der Waals surface area contributed by atoms with Crippen LogP contribution in [0.25, 0.3) is 0 Å². The number of hydrogen-bond acceptors (Lipinski definition) is 6. The van der Waals surface area contributed by atoms with Crippen molar-refractivity contribution >= 4 is 23.5 Å². The number of piperidine rings is 1. The van der Waals surface area contributed by atoms with Gasteiger partial charge in [-0.2, -0.15) is 0 Å². The van der Waals surface area contributed by atoms with Crippen molar-refractivity contribution in [2.24, 2.45) is 5.92 Å². The predicted octanol–water partition coefficient (Wildman–Crippen LogP) is 0.249. The molecule has 1 aromatic rings. The topological polar surface area (TPSA) is 117 Å². The van der Waals surface area contributed by atoms with Gasteiger partial charge >= 0.3 is 5.97 Å². The maximum absolute atomic E-state index is 12.8. The van der Waals surface area contributed by atoms with Gasteiger partial charge in [0, 0.05) is 50.7 Å². The first-order chi connectivity index (χ1) is 13.4. The predicted molar refractivity (Wildman–Crippen MR) is 96.3 cm³/mol. The maximum atomic E-state index is 12.8. The number of aliphatic carboxylic acids is 1. The Labute approximate surface area is 161 Å². The maximum Gasteiger partial charge on any atom is 0.335 e. The molecule has 0 radical (unpaired) electrons. The van der Waals surface area contributed by atoms with Crippen LogP contribution < -0.4 is 14.4 Å². The monoisotopic (exact) mass is 390 g/mol. The largest absolute Gasteiger partial charge is 0.486 e. The molecule has 0 spiro atoms. The number of fused-ring (bicyclic) bond motifs is 1. The van der Waals surface area contributed by atoms with E-state index in [-0.39, 0.29) is 50.7 Å². The van der Waals surface area contributed by atoms with E-state index >= 15 is 0 Å². The van der Waals surface area contributed by atoms with Gasteiger partial charge in [0.2, 0.25) is 11.8 Å². The van der Waals surface area contributed by atoms with E-state index in [9.17, 15) is 19.5 Å². The lowest BCUT2D eigenvalue weighted by molar-refractivity contribution is -0.165. The van der Waals surface area contributed by atoms with Gasteiger partial charge in [-0.1, -0.05) is 0 Å². The summed E-state index contributed by atoms with van der Waals surface area (Å²) >= 11 is 0. The standard InChI is InChI=1S/C19H22N2O7/c22-16-9-12(17(23)20-5-3-19(26,4-6-20)18(24)25)11-21(16)13-1-2-14-15(10-13)28-8-7-27-14/h1-2,10,12,26H,3-9,11H2,(H,24,25). The number of ether oxygens (including phenoxy) is 2. The third-order valence-electron chi connectivity index (χ3n) is 5.61.